The molecule has 0 bridgehead atoms. The number of nitrogens with zero attached hydrogens (tertiary/aromatic N) is 1. The highest BCUT2D eigenvalue weighted by molar-refractivity contribution is 5.96. The van der Waals surface area contributed by atoms with Crippen molar-refractivity contribution in [3.63, 3.8) is 0 Å². The molecule has 244 valence electrons. The lowest BCUT2D eigenvalue weighted by Gasteiger charge is -2.45. The van der Waals surface area contributed by atoms with Crippen molar-refractivity contribution in [3.8, 4) is 5.75 Å². The third-order valence-electron chi connectivity index (χ3n) is 9.10. The number of halogens is 2. The highest BCUT2D eigenvalue weighted by Crippen LogP contribution is 2.46. The van der Waals surface area contributed by atoms with Crippen molar-refractivity contribution in [1.82, 2.24) is 10.2 Å². The zero-order valence-electron chi connectivity index (χ0n) is 26.9. The average molecular weight is 624 g/mol. The third kappa shape index (κ3) is 8.00. The lowest BCUT2D eigenvalue weighted by Crippen LogP contribution is -2.54. The van der Waals surface area contributed by atoms with Crippen LogP contribution in [0.2, 0.25) is 0 Å². The molecule has 2 aromatic carbocycles. The number of rotatable bonds is 14. The molecule has 0 saturated heterocycles. The fourth-order valence-corrected chi connectivity index (χ4v) is 7.16. The van der Waals surface area contributed by atoms with Crippen LogP contribution in [-0.4, -0.2) is 54.7 Å². The number of nitrogens with one attached hydrogen (secondary N) is 1. The first-order valence-corrected chi connectivity index (χ1v) is 16.0. The number of nitrogens with two attached hydrogens (primary N) is 1. The Morgan fingerprint density at radius 2 is 1.82 bits per heavy atom. The van der Waals surface area contributed by atoms with E-state index in [9.17, 15) is 23.5 Å². The quantitative estimate of drug-likeness (QED) is 0.256. The number of primary amides is 1. The predicted octanol–water partition coefficient (Wildman–Crippen LogP) is 5.56. The van der Waals surface area contributed by atoms with E-state index in [4.69, 9.17) is 10.5 Å². The van der Waals surface area contributed by atoms with Crippen LogP contribution in [0.5, 0.6) is 5.75 Å². The summed E-state index contributed by atoms with van der Waals surface area (Å²) >= 11 is 0. The number of methoxy groups -OCH3 is 1. The Labute approximate surface area is 265 Å². The van der Waals surface area contributed by atoms with Gasteiger partial charge in [-0.15, -0.1) is 0 Å². The Hall–Kier alpha value is -3.56. The van der Waals surface area contributed by atoms with Crippen LogP contribution in [0.4, 0.5) is 8.78 Å². The Kier molecular flexibility index (Phi) is 11.6. The number of ether oxygens (including phenoxy) is 1. The molecule has 0 saturated carbocycles. The minimum atomic E-state index is -1.38. The zero-order chi connectivity index (χ0) is 32.7. The molecule has 9 heteroatoms. The van der Waals surface area contributed by atoms with Gasteiger partial charge in [0.1, 0.15) is 17.4 Å². The first-order chi connectivity index (χ1) is 21.5. The molecule has 0 spiro atoms. The van der Waals surface area contributed by atoms with E-state index in [1.54, 1.807) is 25.0 Å². The van der Waals surface area contributed by atoms with Gasteiger partial charge in [0.2, 0.25) is 11.8 Å². The Balaban J connectivity index is 1.77. The van der Waals surface area contributed by atoms with Gasteiger partial charge < -0.3 is 25.8 Å². The lowest BCUT2D eigenvalue weighted by molar-refractivity contribution is -0.145. The summed E-state index contributed by atoms with van der Waals surface area (Å²) in [5, 5.41) is 15.6. The second-order valence-electron chi connectivity index (χ2n) is 12.5. The Bertz CT molecular complexity index is 1420. The van der Waals surface area contributed by atoms with Gasteiger partial charge in [0.25, 0.3) is 0 Å². The minimum absolute atomic E-state index is 0.00360. The fourth-order valence-electron chi connectivity index (χ4n) is 7.16. The predicted molar refractivity (Wildman–Crippen MR) is 171 cm³/mol. The standard InChI is InChI=1S/C36H47F2N3O4/c1-5-12-41(13-6-2)35(44)36(20-23(3)14-26(21-36)34(39)43)31(17-24-15-27(37)19-28(38)16-24)33(42)22-40-32-9-7-8-25-18-29(45-4)10-11-30(25)32/h10-11,14-16,18-20,31-33,40,42H,5-9,12-13,17,21-22H2,1-4H3,(H2,39,43)/t31-,32-,33-,36?/m1/s1. The Morgan fingerprint density at radius 3 is 2.44 bits per heavy atom. The zero-order valence-corrected chi connectivity index (χ0v) is 26.9. The number of aliphatic hydroxyl groups is 1. The van der Waals surface area contributed by atoms with Crippen molar-refractivity contribution in [3.05, 3.63) is 88.0 Å². The molecule has 0 aromatic heterocycles. The maximum absolute atomic E-state index is 14.7. The fraction of sp³-hybridized carbons (Fsp3) is 0.500. The molecule has 0 aliphatic heterocycles. The van der Waals surface area contributed by atoms with E-state index >= 15 is 0 Å². The molecular weight excluding hydrogens is 576 g/mol. The monoisotopic (exact) mass is 623 g/mol. The molecule has 1 unspecified atom stereocenters. The number of hydrogen-bond donors (Lipinski definition) is 3. The van der Waals surface area contributed by atoms with Crippen LogP contribution >= 0.6 is 0 Å². The second-order valence-corrected chi connectivity index (χ2v) is 12.5. The van der Waals surface area contributed by atoms with Crippen molar-refractivity contribution in [2.24, 2.45) is 17.1 Å². The SMILES string of the molecule is CCCN(CCC)C(=O)C1([C@H](Cc2cc(F)cc(F)c2)[C@H](O)CN[C@@H]2CCCc3cc(OC)ccc32)C=C(C)C=C(C(N)=O)C1. The molecule has 4 atom stereocenters. The molecule has 2 amide bonds. The van der Waals surface area contributed by atoms with Crippen LogP contribution in [0.3, 0.4) is 0 Å². The molecule has 4 N–H and O–H groups in total. The molecule has 4 rings (SSSR count). The van der Waals surface area contributed by atoms with E-state index in [0.29, 0.717) is 24.2 Å². The summed E-state index contributed by atoms with van der Waals surface area (Å²) in [6.07, 6.45) is 6.56. The maximum Gasteiger partial charge on any atom is 0.244 e. The van der Waals surface area contributed by atoms with Gasteiger partial charge in [-0.1, -0.05) is 37.6 Å². The summed E-state index contributed by atoms with van der Waals surface area (Å²) in [7, 11) is 1.64. The number of fused-ring (bicyclic) bond motifs is 1. The number of allylic oxidation sites excluding steroid dienone is 2. The average Bonchev–Trinajstić information content (AvgIpc) is 3.00. The van der Waals surface area contributed by atoms with E-state index in [1.807, 2.05) is 38.1 Å². The topological polar surface area (TPSA) is 105 Å². The molecule has 2 aliphatic carbocycles. The number of carbonyl (C=O) groups is 2. The van der Waals surface area contributed by atoms with Crippen molar-refractivity contribution >= 4 is 11.8 Å². The van der Waals surface area contributed by atoms with Crippen molar-refractivity contribution in [1.29, 1.82) is 0 Å². The number of hydrogen-bond acceptors (Lipinski definition) is 5. The number of carbonyl (C=O) groups excluding carboxylic acids is 2. The second kappa shape index (κ2) is 15.1. The number of amides is 2. The molecule has 0 heterocycles. The molecule has 0 fully saturated rings. The highest BCUT2D eigenvalue weighted by Gasteiger charge is 2.50. The summed E-state index contributed by atoms with van der Waals surface area (Å²) in [5.74, 6) is -2.40. The normalized spacial score (nSPS) is 20.8. The van der Waals surface area contributed by atoms with Crippen LogP contribution in [-0.2, 0) is 22.4 Å². The Morgan fingerprint density at radius 1 is 1.13 bits per heavy atom. The lowest BCUT2D eigenvalue weighted by atomic mass is 9.63. The largest absolute Gasteiger partial charge is 0.497 e. The van der Waals surface area contributed by atoms with Gasteiger partial charge in [-0.3, -0.25) is 9.59 Å². The third-order valence-corrected chi connectivity index (χ3v) is 9.10. The van der Waals surface area contributed by atoms with Crippen LogP contribution < -0.4 is 15.8 Å². The molecule has 0 radical (unpaired) electrons. The summed E-state index contributed by atoms with van der Waals surface area (Å²) in [4.78, 5) is 29.1. The van der Waals surface area contributed by atoms with Crippen LogP contribution in [0.25, 0.3) is 0 Å². The van der Waals surface area contributed by atoms with Gasteiger partial charge in [-0.25, -0.2) is 8.78 Å². The molecular formula is C36H47F2N3O4. The molecule has 2 aliphatic rings. The van der Waals surface area contributed by atoms with Crippen LogP contribution in [0.1, 0.15) is 75.6 Å². The van der Waals surface area contributed by atoms with Gasteiger partial charge in [-0.05, 0) is 92.8 Å². The van der Waals surface area contributed by atoms with Gasteiger partial charge in [0.15, 0.2) is 0 Å². The number of aliphatic hydroxyl groups excluding tert-OH is 1. The first-order valence-electron chi connectivity index (χ1n) is 16.0. The van der Waals surface area contributed by atoms with Gasteiger partial charge in [0, 0.05) is 43.2 Å². The number of aryl methyl sites for hydroxylation is 1. The van der Waals surface area contributed by atoms with E-state index in [0.717, 1.165) is 49.5 Å². The van der Waals surface area contributed by atoms with E-state index in [1.165, 1.54) is 17.7 Å². The summed E-state index contributed by atoms with van der Waals surface area (Å²) in [6, 6.07) is 9.24. The van der Waals surface area contributed by atoms with Gasteiger partial charge >= 0.3 is 0 Å². The van der Waals surface area contributed by atoms with E-state index < -0.39 is 35.0 Å². The number of benzene rings is 2. The first kappa shape index (κ1) is 34.3. The van der Waals surface area contributed by atoms with Gasteiger partial charge in [0.05, 0.1) is 18.6 Å². The molecule has 45 heavy (non-hydrogen) atoms. The molecule has 7 nitrogen and oxygen atoms in total. The van der Waals surface area contributed by atoms with Crippen molar-refractivity contribution < 1.29 is 28.2 Å². The van der Waals surface area contributed by atoms with Crippen LogP contribution in [0.15, 0.2) is 59.7 Å². The van der Waals surface area contributed by atoms with Crippen molar-refractivity contribution in [2.45, 2.75) is 77.9 Å². The van der Waals surface area contributed by atoms with Crippen LogP contribution in [0, 0.1) is 23.0 Å². The maximum atomic E-state index is 14.7. The van der Waals surface area contributed by atoms with E-state index in [2.05, 4.69) is 5.32 Å². The minimum Gasteiger partial charge on any atom is -0.497 e. The van der Waals surface area contributed by atoms with Gasteiger partial charge in [-0.2, -0.15) is 0 Å². The summed E-state index contributed by atoms with van der Waals surface area (Å²) in [6.45, 7) is 6.89. The van der Waals surface area contributed by atoms with E-state index in [-0.39, 0.29) is 36.9 Å². The smallest absolute Gasteiger partial charge is 0.244 e. The summed E-state index contributed by atoms with van der Waals surface area (Å²) in [5.41, 5.74) is 7.99. The highest BCUT2D eigenvalue weighted by atomic mass is 19.1. The van der Waals surface area contributed by atoms with Crippen molar-refractivity contribution in [2.75, 3.05) is 26.7 Å². The summed E-state index contributed by atoms with van der Waals surface area (Å²) < 4.78 is 34.3. The molecule has 2 aromatic rings.